The van der Waals surface area contributed by atoms with Crippen LogP contribution in [0.3, 0.4) is 0 Å². The van der Waals surface area contributed by atoms with Crippen LogP contribution in [0.5, 0.6) is 0 Å². The Labute approximate surface area is 124 Å². The number of hydrogen-bond donors (Lipinski definition) is 1. The maximum atomic E-state index is 6.37. The Balaban J connectivity index is 2.26. The van der Waals surface area contributed by atoms with Crippen LogP contribution >= 0.6 is 15.9 Å². The van der Waals surface area contributed by atoms with E-state index in [1.807, 2.05) is 0 Å². The summed E-state index contributed by atoms with van der Waals surface area (Å²) in [6.07, 6.45) is 0.882. The minimum atomic E-state index is 0.0478. The van der Waals surface area contributed by atoms with Crippen LogP contribution in [-0.2, 0) is 6.42 Å². The van der Waals surface area contributed by atoms with E-state index < -0.39 is 0 Å². The standard InChI is InChI=1S/C17H20BrN/c1-11-6-4-5-7-14(11)10-16(19)15-8-12(2)17(18)13(3)9-15/h4-9,16H,10,19H2,1-3H3. The smallest absolute Gasteiger partial charge is 0.0336 e. The van der Waals surface area contributed by atoms with E-state index in [2.05, 4.69) is 73.1 Å². The quantitative estimate of drug-likeness (QED) is 0.878. The fourth-order valence-electron chi connectivity index (χ4n) is 2.39. The Hall–Kier alpha value is -1.12. The molecule has 0 bridgehead atoms. The molecule has 1 atom stereocenters. The third-order valence-electron chi connectivity index (χ3n) is 3.59. The molecular formula is C17H20BrN. The lowest BCUT2D eigenvalue weighted by Crippen LogP contribution is -2.14. The molecule has 2 rings (SSSR count). The number of aryl methyl sites for hydroxylation is 3. The average Bonchev–Trinajstić information content (AvgIpc) is 2.38. The van der Waals surface area contributed by atoms with E-state index in [4.69, 9.17) is 5.73 Å². The van der Waals surface area contributed by atoms with Gasteiger partial charge in [0.15, 0.2) is 0 Å². The SMILES string of the molecule is Cc1ccccc1CC(N)c1cc(C)c(Br)c(C)c1. The second kappa shape index (κ2) is 5.89. The zero-order chi connectivity index (χ0) is 14.0. The lowest BCUT2D eigenvalue weighted by Gasteiger charge is -2.16. The maximum absolute atomic E-state index is 6.37. The molecule has 0 aromatic heterocycles. The highest BCUT2D eigenvalue weighted by Gasteiger charge is 2.11. The van der Waals surface area contributed by atoms with Gasteiger partial charge in [0.2, 0.25) is 0 Å². The first kappa shape index (κ1) is 14.3. The molecule has 0 aliphatic rings. The molecule has 0 heterocycles. The van der Waals surface area contributed by atoms with Crippen molar-refractivity contribution in [1.82, 2.24) is 0 Å². The van der Waals surface area contributed by atoms with Crippen molar-refractivity contribution < 1.29 is 0 Å². The largest absolute Gasteiger partial charge is 0.324 e. The van der Waals surface area contributed by atoms with Gasteiger partial charge in [0.05, 0.1) is 0 Å². The molecule has 0 saturated carbocycles. The number of nitrogens with two attached hydrogens (primary N) is 1. The van der Waals surface area contributed by atoms with Gasteiger partial charge in [0.1, 0.15) is 0 Å². The predicted octanol–water partition coefficient (Wildman–Crippen LogP) is 4.62. The van der Waals surface area contributed by atoms with Gasteiger partial charge in [-0.05, 0) is 55.0 Å². The second-order valence-electron chi connectivity index (χ2n) is 5.21. The lowest BCUT2D eigenvalue weighted by atomic mass is 9.95. The molecule has 2 N–H and O–H groups in total. The Morgan fingerprint density at radius 1 is 1.00 bits per heavy atom. The van der Waals surface area contributed by atoms with E-state index in [1.165, 1.54) is 32.3 Å². The van der Waals surface area contributed by atoms with Gasteiger partial charge in [-0.2, -0.15) is 0 Å². The van der Waals surface area contributed by atoms with E-state index in [9.17, 15) is 0 Å². The van der Waals surface area contributed by atoms with Crippen LogP contribution in [0, 0.1) is 20.8 Å². The third kappa shape index (κ3) is 3.26. The van der Waals surface area contributed by atoms with Crippen molar-refractivity contribution in [2.45, 2.75) is 33.2 Å². The Morgan fingerprint density at radius 3 is 2.16 bits per heavy atom. The Bertz CT molecular complexity index is 567. The molecule has 0 aliphatic heterocycles. The van der Waals surface area contributed by atoms with Crippen molar-refractivity contribution >= 4 is 15.9 Å². The lowest BCUT2D eigenvalue weighted by molar-refractivity contribution is 0.717. The number of rotatable bonds is 3. The highest BCUT2D eigenvalue weighted by Crippen LogP contribution is 2.26. The summed E-state index contributed by atoms with van der Waals surface area (Å²) >= 11 is 3.60. The van der Waals surface area contributed by atoms with Gasteiger partial charge in [-0.15, -0.1) is 0 Å². The fourth-order valence-corrected chi connectivity index (χ4v) is 2.62. The highest BCUT2D eigenvalue weighted by atomic mass is 79.9. The van der Waals surface area contributed by atoms with E-state index >= 15 is 0 Å². The molecule has 0 fully saturated rings. The van der Waals surface area contributed by atoms with Gasteiger partial charge < -0.3 is 5.73 Å². The van der Waals surface area contributed by atoms with Crippen molar-refractivity contribution in [2.24, 2.45) is 5.73 Å². The summed E-state index contributed by atoms with van der Waals surface area (Å²) in [5.41, 5.74) is 12.7. The van der Waals surface area contributed by atoms with E-state index in [-0.39, 0.29) is 6.04 Å². The number of halogens is 1. The van der Waals surface area contributed by atoms with Crippen molar-refractivity contribution in [3.8, 4) is 0 Å². The average molecular weight is 318 g/mol. The first-order chi connectivity index (χ1) is 8.99. The second-order valence-corrected chi connectivity index (χ2v) is 6.00. The molecule has 0 amide bonds. The number of benzene rings is 2. The first-order valence-corrected chi connectivity index (χ1v) is 7.35. The van der Waals surface area contributed by atoms with Crippen LogP contribution in [0.25, 0.3) is 0 Å². The zero-order valence-corrected chi connectivity index (χ0v) is 13.3. The van der Waals surface area contributed by atoms with Crippen LogP contribution in [-0.4, -0.2) is 0 Å². The third-order valence-corrected chi connectivity index (χ3v) is 4.84. The summed E-state index contributed by atoms with van der Waals surface area (Å²) in [6, 6.07) is 12.9. The molecule has 2 heteroatoms. The summed E-state index contributed by atoms with van der Waals surface area (Å²) in [7, 11) is 0. The molecule has 0 radical (unpaired) electrons. The monoisotopic (exact) mass is 317 g/mol. The molecule has 0 aliphatic carbocycles. The van der Waals surface area contributed by atoms with Crippen molar-refractivity contribution in [3.63, 3.8) is 0 Å². The van der Waals surface area contributed by atoms with E-state index in [0.717, 1.165) is 6.42 Å². The minimum Gasteiger partial charge on any atom is -0.324 e. The molecule has 2 aromatic rings. The molecule has 19 heavy (non-hydrogen) atoms. The molecule has 0 saturated heterocycles. The van der Waals surface area contributed by atoms with Gasteiger partial charge >= 0.3 is 0 Å². The highest BCUT2D eigenvalue weighted by molar-refractivity contribution is 9.10. The van der Waals surface area contributed by atoms with Gasteiger partial charge in [-0.1, -0.05) is 52.3 Å². The molecule has 1 unspecified atom stereocenters. The topological polar surface area (TPSA) is 26.0 Å². The zero-order valence-electron chi connectivity index (χ0n) is 11.7. The molecule has 2 aromatic carbocycles. The maximum Gasteiger partial charge on any atom is 0.0336 e. The Kier molecular flexibility index (Phi) is 4.43. The van der Waals surface area contributed by atoms with Crippen LogP contribution in [0.2, 0.25) is 0 Å². The number of hydrogen-bond acceptors (Lipinski definition) is 1. The molecular weight excluding hydrogens is 298 g/mol. The van der Waals surface area contributed by atoms with Gasteiger partial charge in [-0.25, -0.2) is 0 Å². The van der Waals surface area contributed by atoms with Gasteiger partial charge in [-0.3, -0.25) is 0 Å². The normalized spacial score (nSPS) is 12.5. The van der Waals surface area contributed by atoms with Gasteiger partial charge in [0, 0.05) is 10.5 Å². The summed E-state index contributed by atoms with van der Waals surface area (Å²) in [4.78, 5) is 0. The van der Waals surface area contributed by atoms with Crippen LogP contribution in [0.15, 0.2) is 40.9 Å². The summed E-state index contributed by atoms with van der Waals surface area (Å²) in [6.45, 7) is 6.36. The minimum absolute atomic E-state index is 0.0478. The predicted molar refractivity (Wildman–Crippen MR) is 85.4 cm³/mol. The van der Waals surface area contributed by atoms with Crippen LogP contribution in [0.1, 0.15) is 33.9 Å². The summed E-state index contributed by atoms with van der Waals surface area (Å²) in [5.74, 6) is 0. The van der Waals surface area contributed by atoms with E-state index in [0.29, 0.717) is 0 Å². The summed E-state index contributed by atoms with van der Waals surface area (Å²) in [5, 5.41) is 0. The van der Waals surface area contributed by atoms with Crippen LogP contribution in [0.4, 0.5) is 0 Å². The first-order valence-electron chi connectivity index (χ1n) is 6.55. The van der Waals surface area contributed by atoms with Gasteiger partial charge in [0.25, 0.3) is 0 Å². The molecule has 1 nitrogen and oxygen atoms in total. The summed E-state index contributed by atoms with van der Waals surface area (Å²) < 4.78 is 1.18. The molecule has 0 spiro atoms. The van der Waals surface area contributed by atoms with Crippen molar-refractivity contribution in [3.05, 3.63) is 68.7 Å². The Morgan fingerprint density at radius 2 is 1.58 bits per heavy atom. The van der Waals surface area contributed by atoms with E-state index in [1.54, 1.807) is 0 Å². The fraction of sp³-hybridized carbons (Fsp3) is 0.294. The van der Waals surface area contributed by atoms with Crippen molar-refractivity contribution in [2.75, 3.05) is 0 Å². The van der Waals surface area contributed by atoms with Crippen molar-refractivity contribution in [1.29, 1.82) is 0 Å². The van der Waals surface area contributed by atoms with Crippen LogP contribution < -0.4 is 5.73 Å². The molecule has 100 valence electrons.